The second-order valence-electron chi connectivity index (χ2n) is 2.40. The Hall–Kier alpha value is -0.190. The van der Waals surface area contributed by atoms with E-state index in [1.54, 1.807) is 0 Å². The summed E-state index contributed by atoms with van der Waals surface area (Å²) in [5.41, 5.74) is 1.93. The van der Waals surface area contributed by atoms with Crippen molar-refractivity contribution >= 4 is 27.0 Å². The van der Waals surface area contributed by atoms with Gasteiger partial charge >= 0.3 is 0 Å². The molecule has 0 aliphatic carbocycles. The summed E-state index contributed by atoms with van der Waals surface area (Å²) in [5.74, 6) is 0.0981. The topological polar surface area (TPSA) is 40.1 Å². The monoisotopic (exact) mass is 247 g/mol. The first-order valence-electron chi connectivity index (χ1n) is 3.42. The normalized spacial score (nSPS) is 12.8. The number of rotatable bonds is 3. The van der Waals surface area contributed by atoms with Crippen LogP contribution in [0.25, 0.3) is 0 Å². The molecule has 0 aromatic heterocycles. The molecule has 0 saturated heterocycles. The Morgan fingerprint density at radius 3 is 2.67 bits per heavy atom. The van der Waals surface area contributed by atoms with Gasteiger partial charge in [-0.2, -0.15) is 0 Å². The van der Waals surface area contributed by atoms with Crippen molar-refractivity contribution in [1.82, 2.24) is 0 Å². The summed E-state index contributed by atoms with van der Waals surface area (Å²) >= 11 is 1.31. The Balaban J connectivity index is 2.79. The highest BCUT2D eigenvalue weighted by Gasteiger charge is 1.94. The molecule has 1 unspecified atom stereocenters. The van der Waals surface area contributed by atoms with Crippen LogP contribution in [0.1, 0.15) is 11.1 Å². The van der Waals surface area contributed by atoms with Crippen LogP contribution in [0.2, 0.25) is 0 Å². The second kappa shape index (κ2) is 4.74. The molecule has 1 atom stereocenters. The van der Waals surface area contributed by atoms with E-state index in [-0.39, 0.29) is 5.75 Å². The van der Waals surface area contributed by atoms with Crippen molar-refractivity contribution < 1.29 is 8.76 Å². The molecule has 66 valence electrons. The maximum atomic E-state index is 10.4. The highest BCUT2D eigenvalue weighted by molar-refractivity contribution is 9.08. The first-order valence-corrected chi connectivity index (χ1v) is 5.78. The molecule has 0 spiro atoms. The quantitative estimate of drug-likeness (QED) is 0.606. The smallest absolute Gasteiger partial charge is 0.0353 e. The summed E-state index contributed by atoms with van der Waals surface area (Å²) in [7, 11) is 0. The molecule has 0 radical (unpaired) electrons. The molecule has 1 aromatic carbocycles. The van der Waals surface area contributed by atoms with Gasteiger partial charge in [-0.1, -0.05) is 51.3 Å². The largest absolute Gasteiger partial charge is 0.772 e. The van der Waals surface area contributed by atoms with Crippen molar-refractivity contribution in [1.29, 1.82) is 0 Å². The van der Waals surface area contributed by atoms with Gasteiger partial charge < -0.3 is 4.55 Å². The zero-order chi connectivity index (χ0) is 8.97. The van der Waals surface area contributed by atoms with E-state index in [2.05, 4.69) is 15.9 Å². The predicted molar refractivity (Wildman–Crippen MR) is 51.7 cm³/mol. The van der Waals surface area contributed by atoms with Gasteiger partial charge in [0.15, 0.2) is 0 Å². The van der Waals surface area contributed by atoms with Crippen LogP contribution >= 0.6 is 15.9 Å². The Kier molecular flexibility index (Phi) is 3.91. The number of benzene rings is 1. The fraction of sp³-hybridized carbons (Fsp3) is 0.250. The number of hydrogen-bond donors (Lipinski definition) is 0. The highest BCUT2D eigenvalue weighted by atomic mass is 79.9. The number of hydrogen-bond acceptors (Lipinski definition) is 2. The van der Waals surface area contributed by atoms with Gasteiger partial charge in [-0.05, 0) is 11.1 Å². The average molecular weight is 248 g/mol. The molecule has 0 fully saturated rings. The fourth-order valence-corrected chi connectivity index (χ4v) is 1.74. The van der Waals surface area contributed by atoms with E-state index < -0.39 is 11.1 Å². The van der Waals surface area contributed by atoms with Gasteiger partial charge in [-0.25, -0.2) is 0 Å². The summed E-state index contributed by atoms with van der Waals surface area (Å²) < 4.78 is 20.7. The predicted octanol–water partition coefficient (Wildman–Crippen LogP) is 1.96. The summed E-state index contributed by atoms with van der Waals surface area (Å²) in [6.07, 6.45) is 0. The van der Waals surface area contributed by atoms with Crippen molar-refractivity contribution in [3.8, 4) is 0 Å². The van der Waals surface area contributed by atoms with E-state index >= 15 is 0 Å². The maximum Gasteiger partial charge on any atom is 0.0353 e. The molecule has 0 heterocycles. The maximum absolute atomic E-state index is 10.4. The van der Waals surface area contributed by atoms with Gasteiger partial charge in [0, 0.05) is 11.1 Å². The molecule has 0 N–H and O–H groups in total. The van der Waals surface area contributed by atoms with Crippen LogP contribution in [-0.4, -0.2) is 8.76 Å². The van der Waals surface area contributed by atoms with E-state index in [9.17, 15) is 8.76 Å². The lowest BCUT2D eigenvalue weighted by molar-refractivity contribution is 0.536. The van der Waals surface area contributed by atoms with Crippen molar-refractivity contribution in [2.75, 3.05) is 0 Å². The van der Waals surface area contributed by atoms with Crippen LogP contribution < -0.4 is 0 Å². The van der Waals surface area contributed by atoms with Crippen molar-refractivity contribution in [2.24, 2.45) is 0 Å². The zero-order valence-corrected chi connectivity index (χ0v) is 8.73. The minimum absolute atomic E-state index is 0.0981. The lowest BCUT2D eigenvalue weighted by Crippen LogP contribution is -1.93. The second-order valence-corrected chi connectivity index (χ2v) is 3.86. The minimum atomic E-state index is -1.99. The molecule has 12 heavy (non-hydrogen) atoms. The Morgan fingerprint density at radius 2 is 2.08 bits per heavy atom. The molecular formula is C8H8BrO2S-. The van der Waals surface area contributed by atoms with Gasteiger partial charge in [0.1, 0.15) is 0 Å². The van der Waals surface area contributed by atoms with Crippen molar-refractivity contribution in [3.63, 3.8) is 0 Å². The Bertz CT molecular complexity index is 288. The van der Waals surface area contributed by atoms with Gasteiger partial charge in [-0.3, -0.25) is 4.21 Å². The third-order valence-electron chi connectivity index (χ3n) is 1.43. The lowest BCUT2D eigenvalue weighted by atomic mass is 10.2. The highest BCUT2D eigenvalue weighted by Crippen LogP contribution is 2.09. The molecule has 4 heteroatoms. The minimum Gasteiger partial charge on any atom is -0.772 e. The van der Waals surface area contributed by atoms with Gasteiger partial charge in [-0.15, -0.1) is 0 Å². The van der Waals surface area contributed by atoms with E-state index in [0.717, 1.165) is 16.5 Å². The third kappa shape index (κ3) is 3.05. The summed E-state index contributed by atoms with van der Waals surface area (Å²) in [6.45, 7) is 0. The van der Waals surface area contributed by atoms with Crippen molar-refractivity contribution in [2.45, 2.75) is 11.1 Å². The van der Waals surface area contributed by atoms with Crippen LogP contribution in [0.5, 0.6) is 0 Å². The van der Waals surface area contributed by atoms with E-state index in [4.69, 9.17) is 0 Å². The Labute approximate surface area is 82.4 Å². The lowest BCUT2D eigenvalue weighted by Gasteiger charge is -2.05. The molecular weight excluding hydrogens is 240 g/mol. The number of alkyl halides is 1. The zero-order valence-electron chi connectivity index (χ0n) is 6.33. The molecule has 2 nitrogen and oxygen atoms in total. The van der Waals surface area contributed by atoms with E-state index in [0.29, 0.717) is 0 Å². The molecule has 1 aromatic rings. The van der Waals surface area contributed by atoms with Crippen LogP contribution in [0.15, 0.2) is 24.3 Å². The summed E-state index contributed by atoms with van der Waals surface area (Å²) in [6, 6.07) is 7.50. The third-order valence-corrected chi connectivity index (χ3v) is 2.65. The van der Waals surface area contributed by atoms with Gasteiger partial charge in [0.05, 0.1) is 0 Å². The molecule has 0 amide bonds. The molecule has 0 aliphatic heterocycles. The van der Waals surface area contributed by atoms with Crippen LogP contribution in [0, 0.1) is 0 Å². The van der Waals surface area contributed by atoms with Crippen LogP contribution in [-0.2, 0) is 22.2 Å². The fourth-order valence-electron chi connectivity index (χ4n) is 0.939. The van der Waals surface area contributed by atoms with E-state index in [1.165, 1.54) is 0 Å². The average Bonchev–Trinajstić information content (AvgIpc) is 2.03. The van der Waals surface area contributed by atoms with Gasteiger partial charge in [0.25, 0.3) is 0 Å². The summed E-state index contributed by atoms with van der Waals surface area (Å²) in [5, 5.41) is 0.756. The van der Waals surface area contributed by atoms with Crippen LogP contribution in [0.4, 0.5) is 0 Å². The summed E-state index contributed by atoms with van der Waals surface area (Å²) in [4.78, 5) is 0. The van der Waals surface area contributed by atoms with Gasteiger partial charge in [0.2, 0.25) is 0 Å². The molecule has 0 aliphatic rings. The molecule has 0 bridgehead atoms. The van der Waals surface area contributed by atoms with E-state index in [1.807, 2.05) is 24.3 Å². The first kappa shape index (κ1) is 9.89. The number of halogens is 1. The van der Waals surface area contributed by atoms with Crippen LogP contribution in [0.3, 0.4) is 0 Å². The van der Waals surface area contributed by atoms with Crippen molar-refractivity contribution in [3.05, 3.63) is 35.4 Å². The molecule has 0 saturated carbocycles. The first-order chi connectivity index (χ1) is 5.72. The SMILES string of the molecule is O=S([O-])Cc1cccc(CBr)c1. The standard InChI is InChI=1S/C8H9BrO2S/c9-5-7-2-1-3-8(4-7)6-12(10)11/h1-4H,5-6H2,(H,10,11)/p-1. The molecule has 1 rings (SSSR count). The Morgan fingerprint density at radius 1 is 1.42 bits per heavy atom.